The summed E-state index contributed by atoms with van der Waals surface area (Å²) >= 11 is 31.1. The van der Waals surface area contributed by atoms with Crippen molar-refractivity contribution in [2.24, 2.45) is 16.0 Å². The number of amides is 2. The van der Waals surface area contributed by atoms with E-state index in [1.807, 2.05) is 131 Å². The van der Waals surface area contributed by atoms with E-state index in [0.29, 0.717) is 55.8 Å². The van der Waals surface area contributed by atoms with Gasteiger partial charge in [-0.1, -0.05) is 159 Å². The molecule has 2 aromatic heterocycles. The van der Waals surface area contributed by atoms with Crippen LogP contribution in [0.3, 0.4) is 0 Å². The molecule has 12 heterocycles. The van der Waals surface area contributed by atoms with Crippen molar-refractivity contribution in [1.29, 1.82) is 0 Å². The zero-order valence-corrected chi connectivity index (χ0v) is 85.6. The van der Waals surface area contributed by atoms with E-state index in [-0.39, 0.29) is 74.5 Å². The number of nitrogens with zero attached hydrogens (tertiary/aromatic N) is 8. The number of nitrogens with two attached hydrogens (primary N) is 3. The number of sulfonamides is 5. The second kappa shape index (κ2) is 40.5. The fourth-order valence-electron chi connectivity index (χ4n) is 16.5. The first-order valence-electron chi connectivity index (χ1n) is 41.2. The van der Waals surface area contributed by atoms with Crippen LogP contribution in [0, 0.1) is 10.8 Å². The molecule has 132 heavy (non-hydrogen) atoms. The molecule has 10 aliphatic rings. The van der Waals surface area contributed by atoms with Crippen molar-refractivity contribution in [2.75, 3.05) is 106 Å². The van der Waals surface area contributed by atoms with Gasteiger partial charge in [0.15, 0.2) is 9.84 Å². The zero-order chi connectivity index (χ0) is 96.6. The molecule has 0 aliphatic carbocycles. The summed E-state index contributed by atoms with van der Waals surface area (Å²) in [7, 11) is -11.6. The molecule has 10 aliphatic heterocycles. The minimum absolute atomic E-state index is 0.0283. The van der Waals surface area contributed by atoms with E-state index in [4.69, 9.17) is 83.0 Å². The van der Waals surface area contributed by atoms with Gasteiger partial charge in [-0.15, -0.1) is 0 Å². The second-order valence-electron chi connectivity index (χ2n) is 34.0. The van der Waals surface area contributed by atoms with Crippen LogP contribution in [0.2, 0.25) is 20.1 Å². The Morgan fingerprint density at radius 1 is 0.462 bits per heavy atom. The summed E-state index contributed by atoms with van der Waals surface area (Å²) < 4.78 is 178. The van der Waals surface area contributed by atoms with Crippen molar-refractivity contribution in [2.45, 2.75) is 123 Å². The lowest BCUT2D eigenvalue weighted by atomic mass is 9.77. The SMILES string of the molecule is CN1c2ccc(-c3cnc(N)c(Cl)c3N3CCC4(CCNC4=O)CC3)cc2CS1(=O)=O.CN1c2ccc(B3OC(C)(C)C(C)(C)O3)cc2CS1(=O)=O.CN1c2ccc(Br)cc2CS1(=O)=O.CN1c2ccccc2CS1(=O)=O.NS(=O)(=O)Cc1ccccc1Cl.Nc1ncc(Br)c(N2CCC3(CCNC3=O)CC2)c1Cl.O=S(=O)(Cl)Cc1ccccc1Cl.O=S1(=O)Cc2ccccc2C1. The van der Waals surface area contributed by atoms with Crippen LogP contribution in [0.5, 0.6) is 0 Å². The predicted molar refractivity (Wildman–Crippen MR) is 531 cm³/mol. The molecule has 0 unspecified atom stereocenters. The largest absolute Gasteiger partial charge is 0.494 e. The number of hydrogen-bond acceptors (Lipinski definition) is 24. The molecule has 0 atom stereocenters. The number of halogens is 7. The number of pyridine rings is 2. The van der Waals surface area contributed by atoms with Gasteiger partial charge in [-0.05, 0) is 192 Å². The highest BCUT2D eigenvalue weighted by atomic mass is 79.9. The number of rotatable bonds is 8. The molecule has 0 saturated carbocycles. The molecular weight excluding hydrogens is 2080 g/mol. The summed E-state index contributed by atoms with van der Waals surface area (Å²) in [6.45, 7) is 12.5. The molecule has 0 radical (unpaired) electrons. The maximum atomic E-state index is 12.4. The van der Waals surface area contributed by atoms with Gasteiger partial charge in [-0.3, -0.25) is 26.8 Å². The third kappa shape index (κ3) is 23.9. The number of nitrogen functional groups attached to an aromatic ring is 2. The van der Waals surface area contributed by atoms with Crippen molar-refractivity contribution in [3.05, 3.63) is 238 Å². The maximum absolute atomic E-state index is 12.4. The van der Waals surface area contributed by atoms with Crippen LogP contribution in [0.25, 0.3) is 11.1 Å². The van der Waals surface area contributed by atoms with Gasteiger partial charge in [-0.25, -0.2) is 74.0 Å². The van der Waals surface area contributed by atoms with E-state index in [2.05, 4.69) is 62.3 Å². The third-order valence-electron chi connectivity index (χ3n) is 24.7. The molecule has 31 nitrogen and oxygen atoms in total. The average Bonchev–Trinajstić information content (AvgIpc) is 1.50. The number of hydrogen-bond donors (Lipinski definition) is 5. The summed E-state index contributed by atoms with van der Waals surface area (Å²) in [5, 5.41) is 12.5. The van der Waals surface area contributed by atoms with Crippen molar-refractivity contribution < 1.29 is 77.8 Å². The first-order chi connectivity index (χ1) is 61.6. The van der Waals surface area contributed by atoms with Crippen LogP contribution in [0.1, 0.15) is 111 Å². The van der Waals surface area contributed by atoms with Gasteiger partial charge in [0.05, 0.1) is 107 Å². The van der Waals surface area contributed by atoms with Gasteiger partial charge in [0.2, 0.25) is 71.0 Å². The Morgan fingerprint density at radius 3 is 1.28 bits per heavy atom. The van der Waals surface area contributed by atoms with Crippen LogP contribution in [0.15, 0.2) is 173 Å². The van der Waals surface area contributed by atoms with Gasteiger partial charge in [0.1, 0.15) is 21.7 Å². The Labute approximate surface area is 813 Å². The molecule has 2 amide bonds. The van der Waals surface area contributed by atoms with E-state index in [1.54, 1.807) is 89.1 Å². The number of para-hydroxylation sites is 1. The Balaban J connectivity index is 0.000000140. The molecule has 5 saturated heterocycles. The third-order valence-corrected chi connectivity index (χ3v) is 37.3. The van der Waals surface area contributed by atoms with E-state index in [0.717, 1.165) is 152 Å². The first-order valence-corrected chi connectivity index (χ1v) is 56.7. The van der Waals surface area contributed by atoms with E-state index < -0.39 is 87.3 Å². The van der Waals surface area contributed by atoms with Crippen molar-refractivity contribution in [1.82, 2.24) is 20.6 Å². The number of carbonyl (C=O) groups excluding carboxylic acids is 2. The number of sulfone groups is 1. The predicted octanol–water partition coefficient (Wildman–Crippen LogP) is 13.2. The molecule has 7 aromatic carbocycles. The molecule has 46 heteroatoms. The number of benzene rings is 7. The first kappa shape index (κ1) is 103. The number of carbonyl (C=O) groups is 2. The molecular formula is C86H99BBr2Cl5N13O18S7. The Hall–Kier alpha value is -7.82. The minimum Gasteiger partial charge on any atom is -0.399 e. The van der Waals surface area contributed by atoms with Crippen molar-refractivity contribution in [3.8, 4) is 11.1 Å². The zero-order valence-electron chi connectivity index (χ0n) is 73.0. The summed E-state index contributed by atoms with van der Waals surface area (Å²) in [4.78, 5) is 37.0. The summed E-state index contributed by atoms with van der Waals surface area (Å²) in [5.74, 6) is 1.21. The number of anilines is 8. The number of fused-ring (bicyclic) bond motifs is 5. The summed E-state index contributed by atoms with van der Waals surface area (Å²) in [5.41, 5.74) is 24.0. The van der Waals surface area contributed by atoms with Gasteiger partial charge >= 0.3 is 7.12 Å². The highest BCUT2D eigenvalue weighted by Gasteiger charge is 2.53. The quantitative estimate of drug-likeness (QED) is 0.0696. The lowest BCUT2D eigenvalue weighted by Crippen LogP contribution is -2.44. The molecule has 710 valence electrons. The number of primary sulfonamides is 1. The van der Waals surface area contributed by atoms with E-state index in [1.165, 1.54) is 17.2 Å². The highest BCUT2D eigenvalue weighted by molar-refractivity contribution is 9.11. The topological polar surface area (TPSA) is 439 Å². The fraction of sp³-hybridized carbons (Fsp3) is 0.372. The van der Waals surface area contributed by atoms with Crippen LogP contribution in [0.4, 0.5) is 45.8 Å². The van der Waals surface area contributed by atoms with Gasteiger partial charge in [-0.2, -0.15) is 0 Å². The second-order valence-corrected chi connectivity index (χ2v) is 51.8. The van der Waals surface area contributed by atoms with Crippen LogP contribution in [-0.2, 0) is 134 Å². The van der Waals surface area contributed by atoms with Crippen LogP contribution >= 0.6 is 88.9 Å². The standard InChI is InChI=1S/C21H24ClN5O3S.C14H20BNO4S.C13H16BrClN4O.C8H8BrNO2S.C8H9NO2S.C8H8O2S.C7H6Cl2O2S.C7H8ClNO2S/c1-26-16-3-2-13(10-14(16)12-31(26,29)30)15-11-25-19(23)17(22)18(15)27-8-5-21(6-9-27)4-7-24-20(21)28;1-13(2)14(3,4)20-15(19-13)11-6-7-12-10(8-11)9-21(17,18)16(12)5;14-8-7-18-11(16)9(15)10(8)19-5-2-13(3-6-19)1-4-17-12(13)20;1-10-8-3-2-7(9)4-6(8)5-13(10,11)12;1-9-8-5-3-2-4-7(8)6-12(9,10)11;9-11(10)5-7-3-1-2-4-8(7)6-11;2*8-7-4-2-1-3-6(7)5-12(9,10)11/h2-3,10-11H,4-9,12H2,1H3,(H2,23,25)(H,24,28);6-8H,9H2,1-5H3;7H,1-6H2,(H2,16,18)(H,17,20);2-4H,5H2,1H3;2-5H,6H2,1H3;1-4H,5-6H2;1-4H,5H2;1-4H,5H2,(H2,9,10,11). The Morgan fingerprint density at radius 2 is 0.841 bits per heavy atom. The molecule has 5 fully saturated rings. The van der Waals surface area contributed by atoms with Gasteiger partial charge in [0, 0.05) is 111 Å². The Bertz CT molecular complexity index is 6690. The molecule has 19 rings (SSSR count). The summed E-state index contributed by atoms with van der Waals surface area (Å²) in [6, 6.07) is 44.9. The number of piperidine rings is 2. The van der Waals surface area contributed by atoms with Gasteiger partial charge < -0.3 is 41.2 Å². The van der Waals surface area contributed by atoms with Gasteiger partial charge in [0.25, 0.3) is 0 Å². The molecule has 9 aromatic rings. The normalized spacial score (nSPS) is 19.6. The molecule has 2 spiro atoms. The molecule has 0 bridgehead atoms. The van der Waals surface area contributed by atoms with Crippen molar-refractivity contribution in [3.63, 3.8) is 0 Å². The smallest absolute Gasteiger partial charge is 0.399 e. The van der Waals surface area contributed by atoms with E-state index >= 15 is 0 Å². The van der Waals surface area contributed by atoms with Crippen LogP contribution in [-0.4, -0.2) is 166 Å². The van der Waals surface area contributed by atoms with E-state index in [9.17, 15) is 68.5 Å². The monoisotopic (exact) mass is 2170 g/mol. The van der Waals surface area contributed by atoms with Crippen LogP contribution < -0.4 is 59.7 Å². The number of aromatic nitrogens is 2. The molecule has 8 N–H and O–H groups in total. The minimum atomic E-state index is -3.51. The lowest BCUT2D eigenvalue weighted by molar-refractivity contribution is -0.129. The Kier molecular flexibility index (Phi) is 31.6. The number of nitrogens with one attached hydrogen (secondary N) is 2. The average molecular weight is 2180 g/mol. The van der Waals surface area contributed by atoms with Crippen molar-refractivity contribution >= 4 is 228 Å². The summed E-state index contributed by atoms with van der Waals surface area (Å²) in [6.07, 6.45) is 8.38. The fourth-order valence-corrected chi connectivity index (χ4v) is 27.1. The highest BCUT2D eigenvalue weighted by Crippen LogP contribution is 2.49. The maximum Gasteiger partial charge on any atom is 0.494 e. The lowest BCUT2D eigenvalue weighted by Gasteiger charge is -2.39.